The average Bonchev–Trinajstić information content (AvgIpc) is 3.08. The first-order chi connectivity index (χ1) is 22.6. The third-order valence-electron chi connectivity index (χ3n) is 7.16. The van der Waals surface area contributed by atoms with E-state index in [0.29, 0.717) is 28.4 Å². The number of carbonyl (C=O) groups excluding carboxylic acids is 3. The summed E-state index contributed by atoms with van der Waals surface area (Å²) in [5.74, 6) is 0.0521. The van der Waals surface area contributed by atoms with Crippen LogP contribution in [0, 0.1) is 0 Å². The average molecular weight is 660 g/mol. The number of nitrogens with zero attached hydrogens (tertiary/aromatic N) is 1. The molecule has 13 heteroatoms. The molecule has 12 nitrogen and oxygen atoms in total. The lowest BCUT2D eigenvalue weighted by atomic mass is 10.0. The monoisotopic (exact) mass is 659 g/mol. The molecule has 4 aromatic rings. The molecule has 0 unspecified atom stereocenters. The van der Waals surface area contributed by atoms with E-state index in [1.165, 1.54) is 19.1 Å². The van der Waals surface area contributed by atoms with Crippen molar-refractivity contribution in [3.05, 3.63) is 120 Å². The van der Waals surface area contributed by atoms with E-state index in [-0.39, 0.29) is 12.8 Å². The topological polar surface area (TPSA) is 155 Å². The van der Waals surface area contributed by atoms with Crippen molar-refractivity contribution in [1.82, 2.24) is 14.8 Å². The maximum Gasteiger partial charge on any atom is 0.330 e. The van der Waals surface area contributed by atoms with Gasteiger partial charge in [-0.15, -0.1) is 0 Å². The molecule has 0 saturated carbocycles. The van der Waals surface area contributed by atoms with Crippen LogP contribution < -0.4 is 34.5 Å². The number of likely N-dealkylation sites (N-methyl/N-ethyl adjacent to an activating group) is 1. The molecule has 0 aliphatic heterocycles. The predicted octanol–water partition coefficient (Wildman–Crippen LogP) is 3.66. The zero-order chi connectivity index (χ0) is 33.8. The Labute approximate surface area is 274 Å². The van der Waals surface area contributed by atoms with Crippen molar-refractivity contribution < 1.29 is 32.3 Å². The van der Waals surface area contributed by atoms with Crippen LogP contribution in [0.5, 0.6) is 11.5 Å². The van der Waals surface area contributed by atoms with E-state index in [0.717, 1.165) is 5.56 Å². The van der Waals surface area contributed by atoms with Crippen LogP contribution in [0.25, 0.3) is 0 Å². The number of hydrogen-bond donors (Lipinski definition) is 4. The number of benzene rings is 4. The summed E-state index contributed by atoms with van der Waals surface area (Å²) >= 11 is 0. The number of hydrogen-bond acceptors (Lipinski definition) is 7. The lowest BCUT2D eigenvalue weighted by molar-refractivity contribution is -0.120. The minimum atomic E-state index is -4.60. The predicted molar refractivity (Wildman–Crippen MR) is 180 cm³/mol. The Bertz CT molecular complexity index is 1740. The number of carbonyl (C=O) groups is 3. The van der Waals surface area contributed by atoms with E-state index >= 15 is 0 Å². The van der Waals surface area contributed by atoms with E-state index in [1.807, 2.05) is 10.8 Å². The zero-order valence-electron chi connectivity index (χ0n) is 26.2. The molecule has 0 spiro atoms. The number of nitrogens with one attached hydrogen (secondary N) is 4. The van der Waals surface area contributed by atoms with E-state index in [1.54, 1.807) is 110 Å². The molecule has 4 amide bonds. The van der Waals surface area contributed by atoms with Gasteiger partial charge >= 0.3 is 16.2 Å². The van der Waals surface area contributed by atoms with Crippen LogP contribution in [0.15, 0.2) is 109 Å². The molecular weight excluding hydrogens is 622 g/mol. The first kappa shape index (κ1) is 34.5. The van der Waals surface area contributed by atoms with Crippen molar-refractivity contribution in [2.45, 2.75) is 24.9 Å². The standard InChI is InChI=1S/C34H37N5O7S/c1-39(27-16-20-29(46-3)21-17-27)33(41)31(23-25-12-8-5-9-13-25)36-34(42)38-47(43,44)37-30(22-24-10-6-4-7-11-24)32(40)35-26-14-18-28(45-2)19-15-26/h4-21,30-31,37H,22-23H2,1-3H3,(H,35,40)(H2,36,38,42)/t30-,31-/m0/s1. The van der Waals surface area contributed by atoms with Crippen molar-refractivity contribution >= 4 is 39.4 Å². The summed E-state index contributed by atoms with van der Waals surface area (Å²) in [6.45, 7) is 0. The molecule has 0 aromatic heterocycles. The van der Waals surface area contributed by atoms with E-state index < -0.39 is 40.1 Å². The minimum absolute atomic E-state index is 0.00681. The fourth-order valence-corrected chi connectivity index (χ4v) is 5.61. The van der Waals surface area contributed by atoms with Gasteiger partial charge < -0.3 is 25.0 Å². The van der Waals surface area contributed by atoms with Gasteiger partial charge in [0, 0.05) is 24.8 Å². The van der Waals surface area contributed by atoms with Crippen molar-refractivity contribution in [1.29, 1.82) is 0 Å². The number of amides is 4. The molecule has 0 aliphatic carbocycles. The van der Waals surface area contributed by atoms with Crippen molar-refractivity contribution in [2.75, 3.05) is 31.5 Å². The summed E-state index contributed by atoms with van der Waals surface area (Å²) in [5.41, 5.74) is 2.39. The first-order valence-corrected chi connectivity index (χ1v) is 16.1. The fraction of sp³-hybridized carbons (Fsp3) is 0.206. The summed E-state index contributed by atoms with van der Waals surface area (Å²) in [7, 11) is -0.00839. The molecule has 4 rings (SSSR count). The Morgan fingerprint density at radius 2 is 1.19 bits per heavy atom. The maximum absolute atomic E-state index is 13.6. The quantitative estimate of drug-likeness (QED) is 0.161. The van der Waals surface area contributed by atoms with Gasteiger partial charge in [0.25, 0.3) is 0 Å². The molecule has 0 bridgehead atoms. The normalized spacial score (nSPS) is 12.2. The number of rotatable bonds is 14. The molecule has 0 aliphatic rings. The van der Waals surface area contributed by atoms with Gasteiger partial charge in [-0.1, -0.05) is 60.7 Å². The smallest absolute Gasteiger partial charge is 0.330 e. The Balaban J connectivity index is 1.49. The summed E-state index contributed by atoms with van der Waals surface area (Å²) in [6, 6.07) is 27.5. The summed E-state index contributed by atoms with van der Waals surface area (Å²) in [5, 5.41) is 5.19. The van der Waals surface area contributed by atoms with Crippen LogP contribution in [0.3, 0.4) is 0 Å². The number of urea groups is 1. The second-order valence-corrected chi connectivity index (χ2v) is 11.9. The number of methoxy groups -OCH3 is 2. The van der Waals surface area contributed by atoms with E-state index in [9.17, 15) is 22.8 Å². The molecular formula is C34H37N5O7S. The second kappa shape index (κ2) is 16.2. The highest BCUT2D eigenvalue weighted by Gasteiger charge is 2.29. The Kier molecular flexibility index (Phi) is 11.9. The second-order valence-electron chi connectivity index (χ2n) is 10.5. The van der Waals surface area contributed by atoms with Crippen molar-refractivity contribution in [3.63, 3.8) is 0 Å². The van der Waals surface area contributed by atoms with Crippen LogP contribution in [0.2, 0.25) is 0 Å². The SMILES string of the molecule is COc1ccc(NC(=O)[C@H](Cc2ccccc2)NS(=O)(=O)NC(=O)N[C@@H](Cc2ccccc2)C(=O)N(C)c2ccc(OC)cc2)cc1. The summed E-state index contributed by atoms with van der Waals surface area (Å²) < 4.78 is 41.0. The molecule has 2 atom stereocenters. The zero-order valence-corrected chi connectivity index (χ0v) is 27.0. The Hall–Kier alpha value is -5.40. The maximum atomic E-state index is 13.6. The van der Waals surface area contributed by atoms with Crippen LogP contribution in [0.1, 0.15) is 11.1 Å². The Morgan fingerprint density at radius 3 is 1.70 bits per heavy atom. The minimum Gasteiger partial charge on any atom is -0.497 e. The molecule has 4 N–H and O–H groups in total. The van der Waals surface area contributed by atoms with Crippen molar-refractivity contribution in [3.8, 4) is 11.5 Å². The number of anilines is 2. The first-order valence-electron chi connectivity index (χ1n) is 14.6. The van der Waals surface area contributed by atoms with Gasteiger partial charge in [-0.25, -0.2) is 9.52 Å². The van der Waals surface area contributed by atoms with Crippen LogP contribution >= 0.6 is 0 Å². The van der Waals surface area contributed by atoms with Crippen molar-refractivity contribution in [2.24, 2.45) is 0 Å². The third-order valence-corrected chi connectivity index (χ3v) is 8.21. The van der Waals surface area contributed by atoms with Gasteiger partial charge in [-0.2, -0.15) is 13.1 Å². The largest absolute Gasteiger partial charge is 0.497 e. The molecule has 4 aromatic carbocycles. The van der Waals surface area contributed by atoms with Crippen LogP contribution in [-0.2, 0) is 32.6 Å². The highest BCUT2D eigenvalue weighted by atomic mass is 32.2. The molecule has 0 fully saturated rings. The molecule has 246 valence electrons. The van der Waals surface area contributed by atoms with Gasteiger partial charge in [0.1, 0.15) is 23.6 Å². The third kappa shape index (κ3) is 10.3. The summed E-state index contributed by atoms with van der Waals surface area (Å²) in [4.78, 5) is 41.4. The molecule has 47 heavy (non-hydrogen) atoms. The van der Waals surface area contributed by atoms with Gasteiger partial charge in [0.2, 0.25) is 11.8 Å². The van der Waals surface area contributed by atoms with Gasteiger partial charge in [-0.3, -0.25) is 9.59 Å². The molecule has 0 heterocycles. The van der Waals surface area contributed by atoms with Crippen LogP contribution in [-0.4, -0.2) is 59.6 Å². The Morgan fingerprint density at radius 1 is 0.702 bits per heavy atom. The fourth-order valence-electron chi connectivity index (χ4n) is 4.68. The lowest BCUT2D eigenvalue weighted by Gasteiger charge is -2.25. The highest BCUT2D eigenvalue weighted by molar-refractivity contribution is 7.88. The van der Waals surface area contributed by atoms with Crippen LogP contribution in [0.4, 0.5) is 16.2 Å². The lowest BCUT2D eigenvalue weighted by Crippen LogP contribution is -2.56. The highest BCUT2D eigenvalue weighted by Crippen LogP contribution is 2.20. The molecule has 0 saturated heterocycles. The van der Waals surface area contributed by atoms with Gasteiger partial charge in [-0.05, 0) is 66.1 Å². The summed E-state index contributed by atoms with van der Waals surface area (Å²) in [6.07, 6.45) is 0.0785. The van der Waals surface area contributed by atoms with Gasteiger partial charge in [0.15, 0.2) is 0 Å². The van der Waals surface area contributed by atoms with Gasteiger partial charge in [0.05, 0.1) is 14.2 Å². The van der Waals surface area contributed by atoms with E-state index in [4.69, 9.17) is 9.47 Å². The van der Waals surface area contributed by atoms with E-state index in [2.05, 4.69) is 15.4 Å². The molecule has 0 radical (unpaired) electrons. The number of ether oxygens (including phenoxy) is 2.